The van der Waals surface area contributed by atoms with Crippen molar-refractivity contribution in [2.24, 2.45) is 0 Å². The molecule has 24 heavy (non-hydrogen) atoms. The van der Waals surface area contributed by atoms with Gasteiger partial charge in [0.25, 0.3) is 5.91 Å². The van der Waals surface area contributed by atoms with E-state index in [2.05, 4.69) is 31.9 Å². The van der Waals surface area contributed by atoms with Crippen molar-refractivity contribution in [3.8, 4) is 0 Å². The highest BCUT2D eigenvalue weighted by molar-refractivity contribution is 9.10. The Hall–Kier alpha value is -2.34. The maximum absolute atomic E-state index is 12.2. The Labute approximate surface area is 150 Å². The molecule has 5 nitrogen and oxygen atoms in total. The minimum atomic E-state index is -0.297. The van der Waals surface area contributed by atoms with Gasteiger partial charge < -0.3 is 16.0 Å². The molecule has 1 unspecified atom stereocenters. The molecule has 0 heterocycles. The van der Waals surface area contributed by atoms with E-state index >= 15 is 0 Å². The number of urea groups is 1. The van der Waals surface area contributed by atoms with Gasteiger partial charge in [-0.25, -0.2) is 4.79 Å². The molecule has 0 aliphatic heterocycles. The molecule has 6 heteroatoms. The summed E-state index contributed by atoms with van der Waals surface area (Å²) >= 11 is 3.48. The second-order valence-electron chi connectivity index (χ2n) is 5.45. The van der Waals surface area contributed by atoms with Gasteiger partial charge in [-0.1, -0.05) is 34.1 Å². The van der Waals surface area contributed by atoms with E-state index in [1.54, 1.807) is 25.2 Å². The van der Waals surface area contributed by atoms with E-state index in [0.717, 1.165) is 15.6 Å². The summed E-state index contributed by atoms with van der Waals surface area (Å²) in [6.07, 6.45) is 0. The molecule has 0 aliphatic carbocycles. The van der Waals surface area contributed by atoms with Crippen molar-refractivity contribution in [2.45, 2.75) is 19.9 Å². The van der Waals surface area contributed by atoms with Crippen LogP contribution in [0.2, 0.25) is 0 Å². The van der Waals surface area contributed by atoms with Crippen molar-refractivity contribution in [1.29, 1.82) is 0 Å². The first-order valence-corrected chi connectivity index (χ1v) is 8.36. The first-order chi connectivity index (χ1) is 11.4. The van der Waals surface area contributed by atoms with Gasteiger partial charge in [-0.3, -0.25) is 4.79 Å². The molecule has 2 aromatic rings. The topological polar surface area (TPSA) is 70.2 Å². The van der Waals surface area contributed by atoms with Crippen LogP contribution in [0.5, 0.6) is 0 Å². The average molecular weight is 390 g/mol. The lowest BCUT2D eigenvalue weighted by molar-refractivity contribution is 0.0963. The molecule has 0 saturated carbocycles. The quantitative estimate of drug-likeness (QED) is 0.739. The second kappa shape index (κ2) is 7.97. The molecular weight excluding hydrogens is 370 g/mol. The number of aryl methyl sites for hydroxylation is 1. The number of hydrogen-bond acceptors (Lipinski definition) is 2. The van der Waals surface area contributed by atoms with Crippen molar-refractivity contribution in [3.63, 3.8) is 0 Å². The van der Waals surface area contributed by atoms with E-state index < -0.39 is 0 Å². The van der Waals surface area contributed by atoms with E-state index in [4.69, 9.17) is 0 Å². The highest BCUT2D eigenvalue weighted by atomic mass is 79.9. The van der Waals surface area contributed by atoms with Crippen LogP contribution in [0.15, 0.2) is 46.9 Å². The summed E-state index contributed by atoms with van der Waals surface area (Å²) in [5.74, 6) is -0.156. The third-order valence-corrected chi connectivity index (χ3v) is 4.41. The smallest absolute Gasteiger partial charge is 0.319 e. The lowest BCUT2D eigenvalue weighted by Gasteiger charge is -2.17. The summed E-state index contributed by atoms with van der Waals surface area (Å²) in [5, 5.41) is 8.29. The number of rotatable bonds is 4. The molecule has 2 rings (SSSR count). The summed E-state index contributed by atoms with van der Waals surface area (Å²) in [7, 11) is 1.58. The molecular formula is C18H20BrN3O2. The third kappa shape index (κ3) is 4.35. The fourth-order valence-corrected chi connectivity index (χ4v) is 2.98. The molecule has 1 atom stereocenters. The molecule has 3 amide bonds. The Morgan fingerprint density at radius 1 is 1.12 bits per heavy atom. The Kier molecular flexibility index (Phi) is 5.98. The third-order valence-electron chi connectivity index (χ3n) is 3.68. The monoisotopic (exact) mass is 389 g/mol. The van der Waals surface area contributed by atoms with Gasteiger partial charge in [-0.2, -0.15) is 0 Å². The van der Waals surface area contributed by atoms with Crippen LogP contribution in [0.25, 0.3) is 0 Å². The SMILES string of the molecule is CNC(=O)c1ccc(NC(=O)NC(C)c2ccccc2Br)c(C)c1. The molecule has 0 aliphatic rings. The highest BCUT2D eigenvalue weighted by Gasteiger charge is 2.13. The zero-order valence-corrected chi connectivity index (χ0v) is 15.4. The van der Waals surface area contributed by atoms with E-state index in [0.29, 0.717) is 11.3 Å². The first-order valence-electron chi connectivity index (χ1n) is 7.57. The first kappa shape index (κ1) is 18.0. The number of amides is 3. The Balaban J connectivity index is 2.05. The normalized spacial score (nSPS) is 11.5. The van der Waals surface area contributed by atoms with Crippen LogP contribution < -0.4 is 16.0 Å². The maximum atomic E-state index is 12.2. The van der Waals surface area contributed by atoms with Gasteiger partial charge in [0.05, 0.1) is 6.04 Å². The van der Waals surface area contributed by atoms with Crippen LogP contribution in [0.3, 0.4) is 0 Å². The fourth-order valence-electron chi connectivity index (χ4n) is 2.35. The molecule has 0 fully saturated rings. The molecule has 0 aromatic heterocycles. The molecule has 126 valence electrons. The lowest BCUT2D eigenvalue weighted by Crippen LogP contribution is -2.31. The van der Waals surface area contributed by atoms with Crippen molar-refractivity contribution in [1.82, 2.24) is 10.6 Å². The number of nitrogens with one attached hydrogen (secondary N) is 3. The number of benzene rings is 2. The van der Waals surface area contributed by atoms with Crippen molar-refractivity contribution in [3.05, 3.63) is 63.6 Å². The number of carbonyl (C=O) groups is 2. The fraction of sp³-hybridized carbons (Fsp3) is 0.222. The predicted octanol–water partition coefficient (Wildman–Crippen LogP) is 4.00. The maximum Gasteiger partial charge on any atom is 0.319 e. The van der Waals surface area contributed by atoms with Crippen LogP contribution in [-0.4, -0.2) is 19.0 Å². The van der Waals surface area contributed by atoms with Crippen LogP contribution in [0.1, 0.15) is 34.5 Å². The second-order valence-corrected chi connectivity index (χ2v) is 6.30. The molecule has 3 N–H and O–H groups in total. The van der Waals surface area contributed by atoms with Crippen molar-refractivity contribution in [2.75, 3.05) is 12.4 Å². The minimum Gasteiger partial charge on any atom is -0.355 e. The molecule has 0 spiro atoms. The van der Waals surface area contributed by atoms with Crippen LogP contribution in [0, 0.1) is 6.92 Å². The van der Waals surface area contributed by atoms with Crippen LogP contribution in [0.4, 0.5) is 10.5 Å². The van der Waals surface area contributed by atoms with E-state index in [1.165, 1.54) is 0 Å². The van der Waals surface area contributed by atoms with Gasteiger partial charge in [0.2, 0.25) is 0 Å². The van der Waals surface area contributed by atoms with E-state index in [-0.39, 0.29) is 18.0 Å². The number of carbonyl (C=O) groups excluding carboxylic acids is 2. The molecule has 0 bridgehead atoms. The summed E-state index contributed by atoms with van der Waals surface area (Å²) in [5.41, 5.74) is 3.04. The average Bonchev–Trinajstić information content (AvgIpc) is 2.56. The Morgan fingerprint density at radius 2 is 1.83 bits per heavy atom. The van der Waals surface area contributed by atoms with Crippen LogP contribution >= 0.6 is 15.9 Å². The largest absolute Gasteiger partial charge is 0.355 e. The predicted molar refractivity (Wildman–Crippen MR) is 99.3 cm³/mol. The molecule has 0 radical (unpaired) electrons. The zero-order chi connectivity index (χ0) is 17.7. The summed E-state index contributed by atoms with van der Waals surface area (Å²) in [6.45, 7) is 3.76. The van der Waals surface area contributed by atoms with Crippen molar-refractivity contribution < 1.29 is 9.59 Å². The lowest BCUT2D eigenvalue weighted by atomic mass is 10.1. The summed E-state index contributed by atoms with van der Waals surface area (Å²) in [4.78, 5) is 23.8. The van der Waals surface area contributed by atoms with Gasteiger partial charge in [-0.15, -0.1) is 0 Å². The summed E-state index contributed by atoms with van der Waals surface area (Å²) in [6, 6.07) is 12.5. The number of anilines is 1. The van der Waals surface area contributed by atoms with Gasteiger partial charge >= 0.3 is 6.03 Å². The summed E-state index contributed by atoms with van der Waals surface area (Å²) < 4.78 is 0.948. The highest BCUT2D eigenvalue weighted by Crippen LogP contribution is 2.23. The van der Waals surface area contributed by atoms with E-state index in [9.17, 15) is 9.59 Å². The molecule has 2 aromatic carbocycles. The minimum absolute atomic E-state index is 0.147. The standard InChI is InChI=1S/C18H20BrN3O2/c1-11-10-13(17(23)20-3)8-9-16(11)22-18(24)21-12(2)14-6-4-5-7-15(14)19/h4-10,12H,1-3H3,(H,20,23)(H2,21,22,24). The van der Waals surface area contributed by atoms with Gasteiger partial charge in [0.1, 0.15) is 0 Å². The van der Waals surface area contributed by atoms with Crippen molar-refractivity contribution >= 4 is 33.6 Å². The zero-order valence-electron chi connectivity index (χ0n) is 13.8. The number of hydrogen-bond donors (Lipinski definition) is 3. The van der Waals surface area contributed by atoms with Gasteiger partial charge in [0, 0.05) is 22.8 Å². The van der Waals surface area contributed by atoms with E-state index in [1.807, 2.05) is 38.1 Å². The van der Waals surface area contributed by atoms with Crippen LogP contribution in [-0.2, 0) is 0 Å². The van der Waals surface area contributed by atoms with Gasteiger partial charge in [0.15, 0.2) is 0 Å². The molecule has 0 saturated heterocycles. The Morgan fingerprint density at radius 3 is 2.46 bits per heavy atom. The Bertz CT molecular complexity index is 762. The number of halogens is 1. The van der Waals surface area contributed by atoms with Gasteiger partial charge in [-0.05, 0) is 49.2 Å².